The van der Waals surface area contributed by atoms with Crippen LogP contribution >= 0.6 is 0 Å². The SMILES string of the molecule is COc1ccc2ncc3cn[nH]c3c2c1. The summed E-state index contributed by atoms with van der Waals surface area (Å²) in [6, 6.07) is 5.80. The first-order valence-corrected chi connectivity index (χ1v) is 4.64. The van der Waals surface area contributed by atoms with E-state index in [9.17, 15) is 0 Å². The fraction of sp³-hybridized carbons (Fsp3) is 0.0909. The number of H-pyrrole nitrogens is 1. The van der Waals surface area contributed by atoms with Crippen LogP contribution in [-0.2, 0) is 0 Å². The second-order valence-electron chi connectivity index (χ2n) is 3.34. The normalized spacial score (nSPS) is 11.0. The maximum absolute atomic E-state index is 5.19. The number of hydrogen-bond acceptors (Lipinski definition) is 3. The molecule has 4 nitrogen and oxygen atoms in total. The van der Waals surface area contributed by atoms with E-state index < -0.39 is 0 Å². The molecule has 4 heteroatoms. The Kier molecular flexibility index (Phi) is 1.62. The van der Waals surface area contributed by atoms with Gasteiger partial charge >= 0.3 is 0 Å². The van der Waals surface area contributed by atoms with Crippen molar-refractivity contribution in [3.63, 3.8) is 0 Å². The number of nitrogens with one attached hydrogen (secondary N) is 1. The maximum atomic E-state index is 5.19. The van der Waals surface area contributed by atoms with E-state index in [1.807, 2.05) is 24.4 Å². The van der Waals surface area contributed by atoms with Crippen molar-refractivity contribution in [3.8, 4) is 5.75 Å². The molecule has 1 aromatic carbocycles. The van der Waals surface area contributed by atoms with Crippen LogP contribution < -0.4 is 4.74 Å². The van der Waals surface area contributed by atoms with Gasteiger partial charge in [0.1, 0.15) is 5.75 Å². The Labute approximate surface area is 85.9 Å². The number of pyridine rings is 1. The molecular formula is C11H9N3O. The smallest absolute Gasteiger partial charge is 0.119 e. The number of benzene rings is 1. The molecule has 2 heterocycles. The fourth-order valence-corrected chi connectivity index (χ4v) is 1.70. The molecule has 0 unspecified atom stereocenters. The predicted molar refractivity (Wildman–Crippen MR) is 57.9 cm³/mol. The quantitative estimate of drug-likeness (QED) is 0.653. The summed E-state index contributed by atoms with van der Waals surface area (Å²) in [5.74, 6) is 0.825. The minimum atomic E-state index is 0.825. The Balaban J connectivity index is 2.48. The zero-order chi connectivity index (χ0) is 10.3. The zero-order valence-corrected chi connectivity index (χ0v) is 8.19. The molecule has 0 spiro atoms. The van der Waals surface area contributed by atoms with Gasteiger partial charge in [-0.25, -0.2) is 0 Å². The zero-order valence-electron chi connectivity index (χ0n) is 8.19. The molecule has 1 N–H and O–H groups in total. The Morgan fingerprint density at radius 1 is 1.27 bits per heavy atom. The third kappa shape index (κ3) is 1.15. The van der Waals surface area contributed by atoms with Gasteiger partial charge in [0.15, 0.2) is 0 Å². The van der Waals surface area contributed by atoms with E-state index in [2.05, 4.69) is 15.2 Å². The van der Waals surface area contributed by atoms with Crippen molar-refractivity contribution < 1.29 is 4.74 Å². The molecular weight excluding hydrogens is 190 g/mol. The van der Waals surface area contributed by atoms with Crippen molar-refractivity contribution in [1.29, 1.82) is 0 Å². The van der Waals surface area contributed by atoms with E-state index in [-0.39, 0.29) is 0 Å². The van der Waals surface area contributed by atoms with Gasteiger partial charge in [-0.3, -0.25) is 10.1 Å². The van der Waals surface area contributed by atoms with Crippen molar-refractivity contribution in [2.24, 2.45) is 0 Å². The fourth-order valence-electron chi connectivity index (χ4n) is 1.70. The molecule has 0 saturated carbocycles. The molecule has 0 atom stereocenters. The van der Waals surface area contributed by atoms with Crippen molar-refractivity contribution >= 4 is 21.8 Å². The molecule has 3 rings (SSSR count). The molecule has 15 heavy (non-hydrogen) atoms. The van der Waals surface area contributed by atoms with E-state index in [1.54, 1.807) is 13.3 Å². The Hall–Kier alpha value is -2.10. The van der Waals surface area contributed by atoms with Crippen LogP contribution in [0.25, 0.3) is 21.8 Å². The van der Waals surface area contributed by atoms with Gasteiger partial charge in [-0.1, -0.05) is 0 Å². The summed E-state index contributed by atoms with van der Waals surface area (Å²) in [5.41, 5.74) is 1.94. The van der Waals surface area contributed by atoms with Crippen LogP contribution in [0.3, 0.4) is 0 Å². The second kappa shape index (κ2) is 2.95. The van der Waals surface area contributed by atoms with Gasteiger partial charge in [-0.2, -0.15) is 5.10 Å². The van der Waals surface area contributed by atoms with Crippen molar-refractivity contribution in [2.45, 2.75) is 0 Å². The molecule has 0 fully saturated rings. The van der Waals surface area contributed by atoms with Gasteiger partial charge in [0, 0.05) is 17.0 Å². The molecule has 0 bridgehead atoms. The van der Waals surface area contributed by atoms with Crippen LogP contribution in [0.15, 0.2) is 30.6 Å². The Morgan fingerprint density at radius 3 is 3.07 bits per heavy atom. The van der Waals surface area contributed by atoms with Crippen LogP contribution in [-0.4, -0.2) is 22.3 Å². The van der Waals surface area contributed by atoms with E-state index in [0.717, 1.165) is 27.6 Å². The minimum absolute atomic E-state index is 0.825. The molecule has 0 saturated heterocycles. The van der Waals surface area contributed by atoms with Crippen molar-refractivity contribution in [3.05, 3.63) is 30.6 Å². The lowest BCUT2D eigenvalue weighted by Gasteiger charge is -2.02. The number of aromatic nitrogens is 3. The Morgan fingerprint density at radius 2 is 2.20 bits per heavy atom. The average Bonchev–Trinajstić information content (AvgIpc) is 2.76. The first kappa shape index (κ1) is 8.23. The second-order valence-corrected chi connectivity index (χ2v) is 3.34. The largest absolute Gasteiger partial charge is 0.497 e. The van der Waals surface area contributed by atoms with Gasteiger partial charge < -0.3 is 4.74 Å². The first-order chi connectivity index (χ1) is 7.38. The van der Waals surface area contributed by atoms with Crippen LogP contribution in [0, 0.1) is 0 Å². The van der Waals surface area contributed by atoms with Crippen molar-refractivity contribution in [1.82, 2.24) is 15.2 Å². The molecule has 0 radical (unpaired) electrons. The highest BCUT2D eigenvalue weighted by Crippen LogP contribution is 2.24. The highest BCUT2D eigenvalue weighted by Gasteiger charge is 2.04. The molecule has 0 aliphatic carbocycles. The van der Waals surface area contributed by atoms with E-state index in [4.69, 9.17) is 4.74 Å². The third-order valence-corrected chi connectivity index (χ3v) is 2.48. The molecule has 0 aliphatic rings. The van der Waals surface area contributed by atoms with E-state index in [1.165, 1.54) is 0 Å². The van der Waals surface area contributed by atoms with Crippen LogP contribution in [0.2, 0.25) is 0 Å². The number of ether oxygens (including phenoxy) is 1. The number of nitrogens with zero attached hydrogens (tertiary/aromatic N) is 2. The van der Waals surface area contributed by atoms with Crippen LogP contribution in [0.4, 0.5) is 0 Å². The summed E-state index contributed by atoms with van der Waals surface area (Å²) in [6.07, 6.45) is 3.58. The van der Waals surface area contributed by atoms with Crippen LogP contribution in [0.5, 0.6) is 5.75 Å². The van der Waals surface area contributed by atoms with Gasteiger partial charge in [-0.15, -0.1) is 0 Å². The lowest BCUT2D eigenvalue weighted by molar-refractivity contribution is 0.415. The standard InChI is InChI=1S/C11H9N3O/c1-15-8-2-3-10-9(4-8)11-7(5-12-10)6-13-14-11/h2-6H,1H3,(H,13,14). The number of rotatable bonds is 1. The topological polar surface area (TPSA) is 50.8 Å². The predicted octanol–water partition coefficient (Wildman–Crippen LogP) is 2.12. The summed E-state index contributed by atoms with van der Waals surface area (Å²) in [7, 11) is 1.65. The maximum Gasteiger partial charge on any atom is 0.119 e. The third-order valence-electron chi connectivity index (χ3n) is 2.48. The summed E-state index contributed by atoms with van der Waals surface area (Å²) in [5, 5.41) is 9.01. The molecule has 3 aromatic rings. The molecule has 2 aromatic heterocycles. The summed E-state index contributed by atoms with van der Waals surface area (Å²) >= 11 is 0. The van der Waals surface area contributed by atoms with Crippen molar-refractivity contribution in [2.75, 3.05) is 7.11 Å². The molecule has 0 amide bonds. The van der Waals surface area contributed by atoms with Crippen LogP contribution in [0.1, 0.15) is 0 Å². The molecule has 0 aliphatic heterocycles. The number of aromatic amines is 1. The van der Waals surface area contributed by atoms with Gasteiger partial charge in [-0.05, 0) is 18.2 Å². The van der Waals surface area contributed by atoms with Gasteiger partial charge in [0.2, 0.25) is 0 Å². The highest BCUT2D eigenvalue weighted by atomic mass is 16.5. The number of fused-ring (bicyclic) bond motifs is 3. The average molecular weight is 199 g/mol. The van der Waals surface area contributed by atoms with E-state index >= 15 is 0 Å². The monoisotopic (exact) mass is 199 g/mol. The Bertz CT molecular complexity index is 630. The van der Waals surface area contributed by atoms with Gasteiger partial charge in [0.25, 0.3) is 0 Å². The summed E-state index contributed by atoms with van der Waals surface area (Å²) in [4.78, 5) is 4.34. The number of hydrogen-bond donors (Lipinski definition) is 1. The number of methoxy groups -OCH3 is 1. The highest BCUT2D eigenvalue weighted by molar-refractivity contribution is 6.03. The first-order valence-electron chi connectivity index (χ1n) is 4.64. The van der Waals surface area contributed by atoms with Gasteiger partial charge in [0.05, 0.1) is 24.3 Å². The summed E-state index contributed by atoms with van der Waals surface area (Å²) < 4.78 is 5.19. The lowest BCUT2D eigenvalue weighted by Crippen LogP contribution is -1.85. The molecule has 74 valence electrons. The lowest BCUT2D eigenvalue weighted by atomic mass is 10.1. The van der Waals surface area contributed by atoms with E-state index in [0.29, 0.717) is 0 Å². The minimum Gasteiger partial charge on any atom is -0.497 e. The summed E-state index contributed by atoms with van der Waals surface area (Å²) in [6.45, 7) is 0.